The molecule has 0 aliphatic heterocycles. The summed E-state index contributed by atoms with van der Waals surface area (Å²) in [4.78, 5) is 13.7. The molecular formula is C7H10N3O2S. The van der Waals surface area contributed by atoms with Crippen molar-refractivity contribution in [2.24, 2.45) is 0 Å². The molecule has 1 heterocycles. The van der Waals surface area contributed by atoms with Gasteiger partial charge in [-0.2, -0.15) is 0 Å². The third-order valence-electron chi connectivity index (χ3n) is 1.40. The summed E-state index contributed by atoms with van der Waals surface area (Å²) in [5, 5.41) is 10.4. The van der Waals surface area contributed by atoms with Crippen LogP contribution >= 0.6 is 11.9 Å². The molecule has 0 amide bonds. The molecule has 13 heavy (non-hydrogen) atoms. The van der Waals surface area contributed by atoms with E-state index in [4.69, 9.17) is 0 Å². The molecular weight excluding hydrogens is 190 g/mol. The first kappa shape index (κ1) is 10.0. The monoisotopic (exact) mass is 200 g/mol. The molecule has 0 fully saturated rings. The van der Waals surface area contributed by atoms with E-state index in [-0.39, 0.29) is 5.82 Å². The average Bonchev–Trinajstić information content (AvgIpc) is 2.53. The van der Waals surface area contributed by atoms with Crippen LogP contribution in [0.25, 0.3) is 0 Å². The number of hydrogen-bond donors (Lipinski definition) is 0. The summed E-state index contributed by atoms with van der Waals surface area (Å²) < 4.78 is 1.47. The van der Waals surface area contributed by atoms with Gasteiger partial charge in [0.2, 0.25) is 0 Å². The quantitative estimate of drug-likeness (QED) is 0.414. The highest BCUT2D eigenvalue weighted by atomic mass is 32.2. The lowest BCUT2D eigenvalue weighted by molar-refractivity contribution is -0.390. The summed E-state index contributed by atoms with van der Waals surface area (Å²) in [5.74, 6) is 0.842. The Morgan fingerprint density at radius 3 is 3.15 bits per heavy atom. The number of nitro groups is 1. The van der Waals surface area contributed by atoms with Crippen molar-refractivity contribution in [3.63, 3.8) is 0 Å². The van der Waals surface area contributed by atoms with Crippen LogP contribution in [0, 0.1) is 17.0 Å². The van der Waals surface area contributed by atoms with E-state index in [1.807, 2.05) is 0 Å². The van der Waals surface area contributed by atoms with Crippen LogP contribution in [0.5, 0.6) is 0 Å². The molecule has 0 N–H and O–H groups in total. The summed E-state index contributed by atoms with van der Waals surface area (Å²) in [5.41, 5.74) is 0. The van der Waals surface area contributed by atoms with Crippen LogP contribution in [0.1, 0.15) is 12.8 Å². The Bertz CT molecular complexity index is 287. The second-order valence-corrected chi connectivity index (χ2v) is 3.43. The summed E-state index contributed by atoms with van der Waals surface area (Å²) in [6, 6.07) is 0. The third-order valence-corrected chi connectivity index (χ3v) is 2.43. The average molecular weight is 200 g/mol. The van der Waals surface area contributed by atoms with Gasteiger partial charge < -0.3 is 10.1 Å². The van der Waals surface area contributed by atoms with Crippen LogP contribution in [0.2, 0.25) is 0 Å². The zero-order chi connectivity index (χ0) is 9.68. The maximum Gasteiger partial charge on any atom is 0.354 e. The molecule has 6 heteroatoms. The van der Waals surface area contributed by atoms with Crippen molar-refractivity contribution in [1.82, 2.24) is 8.96 Å². The van der Waals surface area contributed by atoms with Crippen LogP contribution in [0.4, 0.5) is 5.82 Å². The van der Waals surface area contributed by atoms with Gasteiger partial charge in [-0.25, -0.2) is 4.98 Å². The molecule has 1 aromatic heterocycles. The van der Waals surface area contributed by atoms with E-state index in [0.717, 1.165) is 18.6 Å². The van der Waals surface area contributed by atoms with Crippen LogP contribution in [-0.2, 0) is 0 Å². The van der Waals surface area contributed by atoms with E-state index < -0.39 is 4.92 Å². The number of imidazole rings is 1. The van der Waals surface area contributed by atoms with E-state index in [9.17, 15) is 10.1 Å². The van der Waals surface area contributed by atoms with Gasteiger partial charge in [-0.1, -0.05) is 13.3 Å². The third kappa shape index (κ3) is 2.73. The van der Waals surface area contributed by atoms with Gasteiger partial charge in [-0.05, 0) is 11.3 Å². The van der Waals surface area contributed by atoms with Gasteiger partial charge in [0, 0.05) is 5.75 Å². The van der Waals surface area contributed by atoms with Crippen LogP contribution < -0.4 is 0 Å². The predicted octanol–water partition coefficient (Wildman–Crippen LogP) is 1.90. The van der Waals surface area contributed by atoms with Crippen molar-refractivity contribution in [2.45, 2.75) is 12.8 Å². The molecule has 0 bridgehead atoms. The second-order valence-electron chi connectivity index (χ2n) is 2.38. The molecule has 0 saturated heterocycles. The predicted molar refractivity (Wildman–Crippen MR) is 51.3 cm³/mol. The highest BCUT2D eigenvalue weighted by molar-refractivity contribution is 7.97. The Balaban J connectivity index is 2.55. The fourth-order valence-corrected chi connectivity index (χ4v) is 1.67. The van der Waals surface area contributed by atoms with Crippen molar-refractivity contribution >= 4 is 17.8 Å². The lowest BCUT2D eigenvalue weighted by Crippen LogP contribution is -1.95. The number of hydrogen-bond acceptors (Lipinski definition) is 4. The van der Waals surface area contributed by atoms with Gasteiger partial charge in [0.15, 0.2) is 6.33 Å². The van der Waals surface area contributed by atoms with Gasteiger partial charge >= 0.3 is 5.82 Å². The van der Waals surface area contributed by atoms with Crippen molar-refractivity contribution in [3.05, 3.63) is 29.6 Å². The Morgan fingerprint density at radius 2 is 2.54 bits per heavy atom. The molecule has 1 rings (SSSR count). The van der Waals surface area contributed by atoms with Crippen molar-refractivity contribution in [2.75, 3.05) is 5.75 Å². The molecule has 0 saturated carbocycles. The topological polar surface area (TPSA) is 61.0 Å². The SMILES string of the molecule is [CH2]CCCSn1cncc1[N+](=O)[O-]. The minimum atomic E-state index is -0.440. The normalized spacial score (nSPS) is 10.2. The Kier molecular flexibility index (Phi) is 3.75. The minimum absolute atomic E-state index is 0.0223. The highest BCUT2D eigenvalue weighted by Crippen LogP contribution is 2.18. The minimum Gasteiger partial charge on any atom is -0.358 e. The van der Waals surface area contributed by atoms with Gasteiger partial charge in [0.25, 0.3) is 0 Å². The molecule has 5 nitrogen and oxygen atoms in total. The Morgan fingerprint density at radius 1 is 1.77 bits per heavy atom. The first-order valence-electron chi connectivity index (χ1n) is 3.85. The molecule has 0 unspecified atom stereocenters. The maximum absolute atomic E-state index is 10.4. The summed E-state index contributed by atoms with van der Waals surface area (Å²) >= 11 is 1.38. The largest absolute Gasteiger partial charge is 0.358 e. The van der Waals surface area contributed by atoms with Gasteiger partial charge in [0.1, 0.15) is 6.20 Å². The first-order chi connectivity index (χ1) is 6.25. The number of rotatable bonds is 5. The van der Waals surface area contributed by atoms with Crippen LogP contribution in [0.15, 0.2) is 12.5 Å². The Labute approximate surface area is 80.4 Å². The summed E-state index contributed by atoms with van der Waals surface area (Å²) in [6.07, 6.45) is 4.48. The standard InChI is InChI=1S/C7H10N3O2S/c1-2-3-4-13-9-6-8-5-7(9)10(11)12/h5-6H,1-4H2. The summed E-state index contributed by atoms with van der Waals surface area (Å²) in [6.45, 7) is 3.69. The van der Waals surface area contributed by atoms with Crippen LogP contribution in [-0.4, -0.2) is 19.6 Å². The first-order valence-corrected chi connectivity index (χ1v) is 4.79. The zero-order valence-corrected chi connectivity index (χ0v) is 7.87. The number of unbranched alkanes of at least 4 members (excludes halogenated alkanes) is 1. The molecule has 1 aromatic rings. The van der Waals surface area contributed by atoms with Crippen molar-refractivity contribution < 1.29 is 4.92 Å². The van der Waals surface area contributed by atoms with E-state index in [1.165, 1.54) is 28.4 Å². The van der Waals surface area contributed by atoms with Crippen molar-refractivity contribution in [1.29, 1.82) is 0 Å². The number of aromatic nitrogens is 2. The van der Waals surface area contributed by atoms with E-state index in [1.54, 1.807) is 0 Å². The Hall–Kier alpha value is -1.04. The molecule has 71 valence electrons. The van der Waals surface area contributed by atoms with Gasteiger partial charge in [-0.15, -0.1) is 3.97 Å². The van der Waals surface area contributed by atoms with E-state index in [0.29, 0.717) is 0 Å². The smallest absolute Gasteiger partial charge is 0.354 e. The second kappa shape index (κ2) is 4.86. The molecule has 0 aliphatic rings. The highest BCUT2D eigenvalue weighted by Gasteiger charge is 2.12. The van der Waals surface area contributed by atoms with E-state index >= 15 is 0 Å². The molecule has 0 spiro atoms. The van der Waals surface area contributed by atoms with Crippen molar-refractivity contribution in [3.8, 4) is 0 Å². The lowest BCUT2D eigenvalue weighted by atomic mass is 10.4. The molecule has 0 aromatic carbocycles. The van der Waals surface area contributed by atoms with Gasteiger partial charge in [-0.3, -0.25) is 0 Å². The lowest BCUT2D eigenvalue weighted by Gasteiger charge is -1.97. The fraction of sp³-hybridized carbons (Fsp3) is 0.429. The molecule has 1 radical (unpaired) electrons. The number of nitrogens with zero attached hydrogens (tertiary/aromatic N) is 3. The zero-order valence-electron chi connectivity index (χ0n) is 7.05. The maximum atomic E-state index is 10.4. The molecule has 0 aliphatic carbocycles. The summed E-state index contributed by atoms with van der Waals surface area (Å²) in [7, 11) is 0. The van der Waals surface area contributed by atoms with Gasteiger partial charge in [0.05, 0.1) is 11.9 Å². The van der Waals surface area contributed by atoms with Crippen LogP contribution in [0.3, 0.4) is 0 Å². The van der Waals surface area contributed by atoms with E-state index in [2.05, 4.69) is 11.9 Å². The molecule has 0 atom stereocenters. The fourth-order valence-electron chi connectivity index (χ4n) is 0.769.